The summed E-state index contributed by atoms with van der Waals surface area (Å²) in [6.07, 6.45) is 2.72. The summed E-state index contributed by atoms with van der Waals surface area (Å²) in [4.78, 5) is 3.66. The fourth-order valence-corrected chi connectivity index (χ4v) is 1.15. The topological polar surface area (TPSA) is 22.1 Å². The van der Waals surface area contributed by atoms with Gasteiger partial charge in [-0.1, -0.05) is 12.1 Å². The molecule has 1 aromatic carbocycles. The number of hydrogen-bond acceptors (Lipinski definition) is 2. The van der Waals surface area contributed by atoms with Crippen molar-refractivity contribution in [2.45, 2.75) is 6.61 Å². The highest BCUT2D eigenvalue weighted by Gasteiger charge is 2.01. The highest BCUT2D eigenvalue weighted by Crippen LogP contribution is 2.12. The van der Waals surface area contributed by atoms with Crippen LogP contribution in [-0.4, -0.2) is 4.98 Å². The number of nitrogens with zero attached hydrogens (tertiary/aromatic N) is 1. The SMILES string of the molecule is Fc1cnccc1COc1cc[c]cc1. The number of ether oxygens (including phenoxy) is 1. The van der Waals surface area contributed by atoms with E-state index in [4.69, 9.17) is 4.74 Å². The molecule has 2 nitrogen and oxygen atoms in total. The van der Waals surface area contributed by atoms with E-state index in [0.29, 0.717) is 11.3 Å². The number of halogens is 1. The molecule has 0 fully saturated rings. The fourth-order valence-electron chi connectivity index (χ4n) is 1.15. The van der Waals surface area contributed by atoms with Crippen molar-refractivity contribution in [2.75, 3.05) is 0 Å². The maximum absolute atomic E-state index is 13.1. The molecule has 75 valence electrons. The van der Waals surface area contributed by atoms with Crippen molar-refractivity contribution >= 4 is 0 Å². The second-order valence-electron chi connectivity index (χ2n) is 2.99. The number of benzene rings is 1. The molecule has 1 heterocycles. The van der Waals surface area contributed by atoms with Crippen molar-refractivity contribution < 1.29 is 9.13 Å². The molecule has 0 amide bonds. The summed E-state index contributed by atoms with van der Waals surface area (Å²) in [5, 5.41) is 0. The Balaban J connectivity index is 2.03. The Kier molecular flexibility index (Phi) is 2.93. The first-order chi connectivity index (χ1) is 7.36. The number of pyridine rings is 1. The molecular formula is C12H9FNO. The van der Waals surface area contributed by atoms with Crippen LogP contribution in [0, 0.1) is 11.9 Å². The summed E-state index contributed by atoms with van der Waals surface area (Å²) in [5.74, 6) is 0.352. The fraction of sp³-hybridized carbons (Fsp3) is 0.0833. The molecule has 0 aliphatic rings. The van der Waals surface area contributed by atoms with E-state index in [0.717, 1.165) is 0 Å². The van der Waals surface area contributed by atoms with E-state index in [1.165, 1.54) is 6.20 Å². The van der Waals surface area contributed by atoms with Gasteiger partial charge in [0.1, 0.15) is 18.2 Å². The lowest BCUT2D eigenvalue weighted by Gasteiger charge is -2.05. The molecule has 0 saturated carbocycles. The van der Waals surface area contributed by atoms with Gasteiger partial charge in [0.15, 0.2) is 0 Å². The van der Waals surface area contributed by atoms with Crippen LogP contribution in [0.4, 0.5) is 4.39 Å². The van der Waals surface area contributed by atoms with Crippen molar-refractivity contribution in [3.05, 3.63) is 60.2 Å². The van der Waals surface area contributed by atoms with E-state index in [2.05, 4.69) is 11.1 Å². The third kappa shape index (κ3) is 2.53. The van der Waals surface area contributed by atoms with Crippen LogP contribution in [-0.2, 0) is 6.61 Å². The Hall–Kier alpha value is -1.90. The zero-order chi connectivity index (χ0) is 10.5. The molecule has 0 saturated heterocycles. The molecule has 2 rings (SSSR count). The minimum atomic E-state index is -0.347. The summed E-state index contributed by atoms with van der Waals surface area (Å²) < 4.78 is 18.5. The molecule has 0 aliphatic heterocycles. The van der Waals surface area contributed by atoms with Crippen LogP contribution >= 0.6 is 0 Å². The lowest BCUT2D eigenvalue weighted by Crippen LogP contribution is -1.98. The van der Waals surface area contributed by atoms with Crippen LogP contribution in [0.25, 0.3) is 0 Å². The highest BCUT2D eigenvalue weighted by atomic mass is 19.1. The van der Waals surface area contributed by atoms with Crippen LogP contribution in [0.2, 0.25) is 0 Å². The average Bonchev–Trinajstić information content (AvgIpc) is 2.29. The molecule has 15 heavy (non-hydrogen) atoms. The summed E-state index contributed by atoms with van der Waals surface area (Å²) in [6, 6.07) is 11.5. The molecule has 0 N–H and O–H groups in total. The highest BCUT2D eigenvalue weighted by molar-refractivity contribution is 5.21. The lowest BCUT2D eigenvalue weighted by atomic mass is 10.3. The minimum absolute atomic E-state index is 0.207. The molecule has 0 atom stereocenters. The van der Waals surface area contributed by atoms with Gasteiger partial charge in [0.25, 0.3) is 0 Å². The summed E-state index contributed by atoms with van der Waals surface area (Å²) >= 11 is 0. The monoisotopic (exact) mass is 202 g/mol. The van der Waals surface area contributed by atoms with Crippen molar-refractivity contribution in [1.29, 1.82) is 0 Å². The van der Waals surface area contributed by atoms with Crippen LogP contribution < -0.4 is 4.74 Å². The Morgan fingerprint density at radius 2 is 2.07 bits per heavy atom. The van der Waals surface area contributed by atoms with E-state index >= 15 is 0 Å². The van der Waals surface area contributed by atoms with Gasteiger partial charge >= 0.3 is 0 Å². The van der Waals surface area contributed by atoms with E-state index in [-0.39, 0.29) is 12.4 Å². The minimum Gasteiger partial charge on any atom is -0.489 e. The van der Waals surface area contributed by atoms with Crippen LogP contribution in [0.1, 0.15) is 5.56 Å². The second kappa shape index (κ2) is 4.55. The van der Waals surface area contributed by atoms with Crippen LogP contribution in [0.5, 0.6) is 5.75 Å². The molecule has 0 bridgehead atoms. The number of hydrogen-bond donors (Lipinski definition) is 0. The quantitative estimate of drug-likeness (QED) is 0.763. The van der Waals surface area contributed by atoms with Gasteiger partial charge in [-0.3, -0.25) is 4.98 Å². The molecule has 2 aromatic rings. The second-order valence-corrected chi connectivity index (χ2v) is 2.99. The van der Waals surface area contributed by atoms with Gasteiger partial charge in [-0.25, -0.2) is 4.39 Å². The van der Waals surface area contributed by atoms with Gasteiger partial charge in [0.2, 0.25) is 0 Å². The molecule has 1 aromatic heterocycles. The molecule has 0 aliphatic carbocycles. The largest absolute Gasteiger partial charge is 0.489 e. The van der Waals surface area contributed by atoms with Gasteiger partial charge in [-0.05, 0) is 24.3 Å². The van der Waals surface area contributed by atoms with Crippen molar-refractivity contribution in [3.63, 3.8) is 0 Å². The molecular weight excluding hydrogens is 193 g/mol. The van der Waals surface area contributed by atoms with Gasteiger partial charge in [-0.15, -0.1) is 0 Å². The van der Waals surface area contributed by atoms with Gasteiger partial charge < -0.3 is 4.74 Å². The summed E-state index contributed by atoms with van der Waals surface area (Å²) in [5.41, 5.74) is 0.498. The maximum atomic E-state index is 13.1. The zero-order valence-electron chi connectivity index (χ0n) is 7.98. The molecule has 0 unspecified atom stereocenters. The van der Waals surface area contributed by atoms with Crippen LogP contribution in [0.3, 0.4) is 0 Å². The number of rotatable bonds is 3. The Labute approximate surface area is 87.4 Å². The van der Waals surface area contributed by atoms with E-state index in [9.17, 15) is 4.39 Å². The Morgan fingerprint density at radius 3 is 2.80 bits per heavy atom. The number of aromatic nitrogens is 1. The molecule has 3 heteroatoms. The first-order valence-electron chi connectivity index (χ1n) is 4.53. The normalized spacial score (nSPS) is 9.93. The van der Waals surface area contributed by atoms with Gasteiger partial charge in [0.05, 0.1) is 6.20 Å². The van der Waals surface area contributed by atoms with Crippen LogP contribution in [0.15, 0.2) is 42.7 Å². The standard InChI is InChI=1S/C12H9FNO/c13-12-8-14-7-6-10(12)9-15-11-4-2-1-3-5-11/h2-8H,9H2. The third-order valence-electron chi connectivity index (χ3n) is 1.94. The Morgan fingerprint density at radius 1 is 1.27 bits per heavy atom. The summed E-state index contributed by atoms with van der Waals surface area (Å²) in [7, 11) is 0. The van der Waals surface area contributed by atoms with E-state index in [1.54, 1.807) is 36.5 Å². The molecule has 1 radical (unpaired) electrons. The predicted octanol–water partition coefficient (Wildman–Crippen LogP) is 2.60. The van der Waals surface area contributed by atoms with Crippen molar-refractivity contribution in [3.8, 4) is 5.75 Å². The first kappa shape index (κ1) is 9.65. The predicted molar refractivity (Wildman–Crippen MR) is 53.8 cm³/mol. The smallest absolute Gasteiger partial charge is 0.148 e. The average molecular weight is 202 g/mol. The zero-order valence-corrected chi connectivity index (χ0v) is 7.98. The summed E-state index contributed by atoms with van der Waals surface area (Å²) in [6.45, 7) is 0.207. The van der Waals surface area contributed by atoms with Crippen molar-refractivity contribution in [1.82, 2.24) is 4.98 Å². The molecule has 0 spiro atoms. The van der Waals surface area contributed by atoms with E-state index < -0.39 is 0 Å². The van der Waals surface area contributed by atoms with E-state index in [1.807, 2.05) is 0 Å². The first-order valence-corrected chi connectivity index (χ1v) is 4.53. The lowest BCUT2D eigenvalue weighted by molar-refractivity contribution is 0.299. The van der Waals surface area contributed by atoms with Gasteiger partial charge in [0, 0.05) is 11.8 Å². The third-order valence-corrected chi connectivity index (χ3v) is 1.94. The van der Waals surface area contributed by atoms with Gasteiger partial charge in [-0.2, -0.15) is 0 Å². The van der Waals surface area contributed by atoms with Crippen molar-refractivity contribution in [2.24, 2.45) is 0 Å². The maximum Gasteiger partial charge on any atom is 0.148 e. The Bertz CT molecular complexity index is 431.